The average molecular weight is 590 g/mol. The Hall–Kier alpha value is -2.52. The van der Waals surface area contributed by atoms with Gasteiger partial charge in [-0.25, -0.2) is 0 Å². The van der Waals surface area contributed by atoms with Crippen LogP contribution in [0.25, 0.3) is 0 Å². The number of thioether (sulfide) groups is 1. The Morgan fingerprint density at radius 3 is 2.10 bits per heavy atom. The number of Topliss-reactive ketones (excluding diaryl/α,β-unsaturated/α-hetero) is 2. The second-order valence-corrected chi connectivity index (χ2v) is 12.5. The summed E-state index contributed by atoms with van der Waals surface area (Å²) in [4.78, 5) is 64.6. The molecule has 8 nitrogen and oxygen atoms in total. The first-order valence-electron chi connectivity index (χ1n) is 14.9. The molecule has 0 aliphatic heterocycles. The van der Waals surface area contributed by atoms with Crippen LogP contribution in [0.1, 0.15) is 78.2 Å². The quantitative estimate of drug-likeness (QED) is 0.137. The van der Waals surface area contributed by atoms with Gasteiger partial charge >= 0.3 is 0 Å². The van der Waals surface area contributed by atoms with Gasteiger partial charge in [-0.1, -0.05) is 58.0 Å². The maximum atomic E-state index is 13.7. The number of benzene rings is 1. The van der Waals surface area contributed by atoms with Gasteiger partial charge in [0.2, 0.25) is 11.8 Å². The number of rotatable bonds is 22. The standard InChI is InChI=1S/C32H51N3O5S/c1-22(2)19-28(35-31(39)25(14-17-36)15-18-41-5)29(37)21-26(20-24-11-7-6-8-12-24)32(40)34-27(13-9-10-16-33)30(38)23(3)4/h6-8,11-12,17,22-23,25-28H,9-10,13-16,18-21,33H2,1-5H3,(H,34,40)(H,35,39). The van der Waals surface area contributed by atoms with Crippen LogP contribution in [0.5, 0.6) is 0 Å². The summed E-state index contributed by atoms with van der Waals surface area (Å²) < 4.78 is 0. The maximum Gasteiger partial charge on any atom is 0.224 e. The fourth-order valence-electron chi connectivity index (χ4n) is 4.78. The molecule has 230 valence electrons. The van der Waals surface area contributed by atoms with E-state index in [1.54, 1.807) is 11.8 Å². The summed E-state index contributed by atoms with van der Waals surface area (Å²) in [6.07, 6.45) is 5.96. The molecular formula is C32H51N3O5S. The molecule has 0 saturated carbocycles. The van der Waals surface area contributed by atoms with Crippen molar-refractivity contribution < 1.29 is 24.0 Å². The van der Waals surface area contributed by atoms with E-state index in [0.29, 0.717) is 38.6 Å². The Labute approximate surface area is 250 Å². The molecule has 1 rings (SSSR count). The van der Waals surface area contributed by atoms with Crippen LogP contribution in [-0.4, -0.2) is 60.3 Å². The molecule has 4 N–H and O–H groups in total. The highest BCUT2D eigenvalue weighted by Gasteiger charge is 2.32. The van der Waals surface area contributed by atoms with Gasteiger partial charge in [0.1, 0.15) is 6.29 Å². The molecule has 0 heterocycles. The van der Waals surface area contributed by atoms with E-state index in [9.17, 15) is 24.0 Å². The van der Waals surface area contributed by atoms with E-state index in [0.717, 1.165) is 24.0 Å². The Morgan fingerprint density at radius 1 is 0.902 bits per heavy atom. The summed E-state index contributed by atoms with van der Waals surface area (Å²) in [6.45, 7) is 8.08. The van der Waals surface area contributed by atoms with Crippen molar-refractivity contribution in [1.29, 1.82) is 0 Å². The van der Waals surface area contributed by atoms with E-state index in [1.807, 2.05) is 64.3 Å². The summed E-state index contributed by atoms with van der Waals surface area (Å²) in [7, 11) is 0. The molecule has 0 fully saturated rings. The molecule has 1 aromatic rings. The highest BCUT2D eigenvalue weighted by molar-refractivity contribution is 7.98. The lowest BCUT2D eigenvalue weighted by molar-refractivity contribution is -0.135. The molecule has 0 bridgehead atoms. The minimum Gasteiger partial charge on any atom is -0.346 e. The smallest absolute Gasteiger partial charge is 0.224 e. The third-order valence-corrected chi connectivity index (χ3v) is 7.80. The van der Waals surface area contributed by atoms with Gasteiger partial charge in [-0.15, -0.1) is 0 Å². The largest absolute Gasteiger partial charge is 0.346 e. The lowest BCUT2D eigenvalue weighted by atomic mass is 9.88. The zero-order valence-corrected chi connectivity index (χ0v) is 26.3. The molecular weight excluding hydrogens is 538 g/mol. The molecule has 0 aliphatic carbocycles. The van der Waals surface area contributed by atoms with Crippen molar-refractivity contribution in [1.82, 2.24) is 10.6 Å². The van der Waals surface area contributed by atoms with Crippen LogP contribution in [0.15, 0.2) is 30.3 Å². The normalized spacial score (nSPS) is 14.2. The number of carbonyl (C=O) groups excluding carboxylic acids is 5. The number of carbonyl (C=O) groups is 5. The molecule has 4 unspecified atom stereocenters. The molecule has 4 atom stereocenters. The molecule has 0 spiro atoms. The van der Waals surface area contributed by atoms with Crippen molar-refractivity contribution in [3.63, 3.8) is 0 Å². The number of unbranched alkanes of at least 4 members (excludes halogenated alkanes) is 1. The number of aldehydes is 1. The molecule has 2 amide bonds. The van der Waals surface area contributed by atoms with Gasteiger partial charge in [-0.3, -0.25) is 19.2 Å². The summed E-state index contributed by atoms with van der Waals surface area (Å²) in [5, 5.41) is 5.86. The lowest BCUT2D eigenvalue weighted by Gasteiger charge is -2.26. The number of hydrogen-bond acceptors (Lipinski definition) is 7. The Balaban J connectivity index is 3.20. The maximum absolute atomic E-state index is 13.7. The van der Waals surface area contributed by atoms with E-state index in [1.165, 1.54) is 0 Å². The van der Waals surface area contributed by atoms with E-state index >= 15 is 0 Å². The second kappa shape index (κ2) is 20.4. The summed E-state index contributed by atoms with van der Waals surface area (Å²) in [6, 6.07) is 8.06. The van der Waals surface area contributed by atoms with Crippen molar-refractivity contribution >= 4 is 41.4 Å². The highest BCUT2D eigenvalue weighted by Crippen LogP contribution is 2.20. The van der Waals surface area contributed by atoms with E-state index in [2.05, 4.69) is 10.6 Å². The predicted octanol–water partition coefficient (Wildman–Crippen LogP) is 4.13. The minimum atomic E-state index is -0.769. The third-order valence-electron chi connectivity index (χ3n) is 7.15. The first kappa shape index (κ1) is 36.5. The number of ketones is 2. The Morgan fingerprint density at radius 2 is 1.54 bits per heavy atom. The van der Waals surface area contributed by atoms with Crippen molar-refractivity contribution in [2.75, 3.05) is 18.6 Å². The fourth-order valence-corrected chi connectivity index (χ4v) is 5.30. The van der Waals surface area contributed by atoms with E-state index in [4.69, 9.17) is 5.73 Å². The molecule has 1 aromatic carbocycles. The van der Waals surface area contributed by atoms with Crippen molar-refractivity contribution in [3.05, 3.63) is 35.9 Å². The molecule has 9 heteroatoms. The number of nitrogens with one attached hydrogen (secondary N) is 2. The van der Waals surface area contributed by atoms with Crippen molar-refractivity contribution in [3.8, 4) is 0 Å². The van der Waals surface area contributed by atoms with Gasteiger partial charge < -0.3 is 21.2 Å². The van der Waals surface area contributed by atoms with Crippen LogP contribution >= 0.6 is 11.8 Å². The number of amides is 2. The van der Waals surface area contributed by atoms with Gasteiger partial charge in [0.25, 0.3) is 0 Å². The van der Waals surface area contributed by atoms with Gasteiger partial charge in [0, 0.05) is 30.6 Å². The fraction of sp³-hybridized carbons (Fsp3) is 0.656. The van der Waals surface area contributed by atoms with Gasteiger partial charge in [0.15, 0.2) is 11.6 Å². The van der Waals surface area contributed by atoms with E-state index in [-0.39, 0.29) is 48.1 Å². The van der Waals surface area contributed by atoms with Gasteiger partial charge in [-0.2, -0.15) is 11.8 Å². The molecule has 0 aliphatic rings. The molecule has 0 saturated heterocycles. The Bertz CT molecular complexity index is 954. The zero-order chi connectivity index (χ0) is 30.8. The number of hydrogen-bond donors (Lipinski definition) is 3. The first-order valence-corrected chi connectivity index (χ1v) is 16.3. The van der Waals surface area contributed by atoms with Crippen LogP contribution < -0.4 is 16.4 Å². The van der Waals surface area contributed by atoms with Crippen LogP contribution in [0.4, 0.5) is 0 Å². The Kier molecular flexibility index (Phi) is 18.1. The molecule has 0 radical (unpaired) electrons. The SMILES string of the molecule is CSCCC(CC=O)C(=O)NC(CC(C)C)C(=O)CC(Cc1ccccc1)C(=O)NC(CCCCN)C(=O)C(C)C. The highest BCUT2D eigenvalue weighted by atomic mass is 32.2. The van der Waals surface area contributed by atoms with E-state index < -0.39 is 23.9 Å². The number of nitrogens with two attached hydrogens (primary N) is 1. The van der Waals surface area contributed by atoms with Crippen molar-refractivity contribution in [2.24, 2.45) is 29.4 Å². The van der Waals surface area contributed by atoms with Crippen LogP contribution in [0, 0.1) is 23.7 Å². The molecule has 0 aromatic heterocycles. The first-order chi connectivity index (χ1) is 19.5. The minimum absolute atomic E-state index is 0.0448. The summed E-state index contributed by atoms with van der Waals surface area (Å²) in [5.74, 6) is -1.53. The zero-order valence-electron chi connectivity index (χ0n) is 25.5. The predicted molar refractivity (Wildman–Crippen MR) is 166 cm³/mol. The summed E-state index contributed by atoms with van der Waals surface area (Å²) in [5.41, 5.74) is 6.54. The van der Waals surface area contributed by atoms with Crippen LogP contribution in [0.3, 0.4) is 0 Å². The summed E-state index contributed by atoms with van der Waals surface area (Å²) >= 11 is 1.60. The monoisotopic (exact) mass is 589 g/mol. The average Bonchev–Trinajstić information content (AvgIpc) is 2.93. The van der Waals surface area contributed by atoms with Gasteiger partial charge in [0.05, 0.1) is 12.1 Å². The third kappa shape index (κ3) is 14.3. The topological polar surface area (TPSA) is 135 Å². The van der Waals surface area contributed by atoms with Gasteiger partial charge in [-0.05, 0) is 68.6 Å². The second-order valence-electron chi connectivity index (χ2n) is 11.5. The molecule has 41 heavy (non-hydrogen) atoms. The lowest BCUT2D eigenvalue weighted by Crippen LogP contribution is -2.48. The van der Waals surface area contributed by atoms with Crippen LogP contribution in [-0.2, 0) is 30.4 Å². The van der Waals surface area contributed by atoms with Crippen molar-refractivity contribution in [2.45, 2.75) is 91.1 Å². The van der Waals surface area contributed by atoms with Crippen LogP contribution in [0.2, 0.25) is 0 Å².